The molecular weight excluding hydrogens is 452 g/mol. The number of hydrogen-bond acceptors (Lipinski definition) is 4. The SMILES string of the molecule is CC(C)[C@H](NC(=O)OCc1ccccc1)C(=O)N[C@H](Cc1ccc(Br)cc1)C(=O)O. The van der Waals surface area contributed by atoms with Crippen molar-refractivity contribution in [2.24, 2.45) is 5.92 Å². The summed E-state index contributed by atoms with van der Waals surface area (Å²) in [5.74, 6) is -2.00. The highest BCUT2D eigenvalue weighted by molar-refractivity contribution is 9.10. The summed E-state index contributed by atoms with van der Waals surface area (Å²) in [6, 6.07) is 14.3. The number of carbonyl (C=O) groups excluding carboxylic acids is 2. The molecule has 0 saturated heterocycles. The molecule has 2 rings (SSSR count). The molecule has 0 fully saturated rings. The molecule has 0 aromatic heterocycles. The van der Waals surface area contributed by atoms with Crippen LogP contribution in [0.4, 0.5) is 4.79 Å². The van der Waals surface area contributed by atoms with Crippen LogP contribution in [0.15, 0.2) is 59.1 Å². The van der Waals surface area contributed by atoms with Crippen molar-refractivity contribution in [1.29, 1.82) is 0 Å². The van der Waals surface area contributed by atoms with Crippen molar-refractivity contribution in [1.82, 2.24) is 10.6 Å². The second-order valence-electron chi connectivity index (χ2n) is 7.16. The van der Waals surface area contributed by atoms with Crippen LogP contribution in [0, 0.1) is 5.92 Å². The minimum absolute atomic E-state index is 0.0699. The van der Waals surface area contributed by atoms with Crippen LogP contribution >= 0.6 is 15.9 Å². The van der Waals surface area contributed by atoms with Crippen molar-refractivity contribution in [3.63, 3.8) is 0 Å². The van der Waals surface area contributed by atoms with E-state index in [2.05, 4.69) is 26.6 Å². The molecule has 2 atom stereocenters. The van der Waals surface area contributed by atoms with Crippen LogP contribution in [-0.2, 0) is 27.4 Å². The monoisotopic (exact) mass is 476 g/mol. The third-order valence-electron chi connectivity index (χ3n) is 4.40. The van der Waals surface area contributed by atoms with Gasteiger partial charge >= 0.3 is 12.1 Å². The second-order valence-corrected chi connectivity index (χ2v) is 8.07. The zero-order chi connectivity index (χ0) is 22.1. The Kier molecular flexibility index (Phi) is 8.86. The molecule has 2 aromatic rings. The lowest BCUT2D eigenvalue weighted by molar-refractivity contribution is -0.142. The van der Waals surface area contributed by atoms with Crippen LogP contribution < -0.4 is 10.6 Å². The Morgan fingerprint density at radius 1 is 0.967 bits per heavy atom. The first-order valence-electron chi connectivity index (χ1n) is 9.51. The van der Waals surface area contributed by atoms with Gasteiger partial charge in [-0.1, -0.05) is 72.2 Å². The predicted molar refractivity (Wildman–Crippen MR) is 116 cm³/mol. The molecule has 7 nitrogen and oxygen atoms in total. The van der Waals surface area contributed by atoms with Crippen molar-refractivity contribution in [2.75, 3.05) is 0 Å². The highest BCUT2D eigenvalue weighted by Crippen LogP contribution is 2.13. The Morgan fingerprint density at radius 3 is 2.17 bits per heavy atom. The number of amides is 2. The summed E-state index contributed by atoms with van der Waals surface area (Å²) < 4.78 is 6.04. The summed E-state index contributed by atoms with van der Waals surface area (Å²) in [7, 11) is 0. The molecule has 0 spiro atoms. The van der Waals surface area contributed by atoms with Gasteiger partial charge in [-0.15, -0.1) is 0 Å². The zero-order valence-electron chi connectivity index (χ0n) is 16.8. The molecule has 0 aliphatic carbocycles. The van der Waals surface area contributed by atoms with Crippen LogP contribution in [0.2, 0.25) is 0 Å². The number of carbonyl (C=O) groups is 3. The fourth-order valence-corrected chi connectivity index (χ4v) is 3.01. The molecule has 30 heavy (non-hydrogen) atoms. The van der Waals surface area contributed by atoms with E-state index in [1.54, 1.807) is 38.1 Å². The van der Waals surface area contributed by atoms with E-state index >= 15 is 0 Å². The largest absolute Gasteiger partial charge is 0.480 e. The van der Waals surface area contributed by atoms with Gasteiger partial charge in [-0.05, 0) is 29.2 Å². The van der Waals surface area contributed by atoms with Crippen LogP contribution in [0.3, 0.4) is 0 Å². The van der Waals surface area contributed by atoms with Crippen molar-refractivity contribution in [2.45, 2.75) is 39.0 Å². The number of nitrogens with one attached hydrogen (secondary N) is 2. The second kappa shape index (κ2) is 11.3. The van der Waals surface area contributed by atoms with Gasteiger partial charge in [0, 0.05) is 10.9 Å². The molecule has 2 aromatic carbocycles. The number of aliphatic carboxylic acids is 1. The molecule has 8 heteroatoms. The average Bonchev–Trinajstić information content (AvgIpc) is 2.71. The number of alkyl carbamates (subject to hydrolysis) is 1. The number of ether oxygens (including phenoxy) is 1. The molecule has 0 radical (unpaired) electrons. The van der Waals surface area contributed by atoms with E-state index in [1.165, 1.54) is 0 Å². The van der Waals surface area contributed by atoms with E-state index in [9.17, 15) is 19.5 Å². The molecule has 3 N–H and O–H groups in total. The Balaban J connectivity index is 1.97. The highest BCUT2D eigenvalue weighted by Gasteiger charge is 2.29. The maximum absolute atomic E-state index is 12.7. The van der Waals surface area contributed by atoms with Gasteiger partial charge in [-0.3, -0.25) is 4.79 Å². The van der Waals surface area contributed by atoms with Crippen molar-refractivity contribution >= 4 is 33.9 Å². The normalized spacial score (nSPS) is 12.7. The molecule has 0 aliphatic rings. The topological polar surface area (TPSA) is 105 Å². The minimum atomic E-state index is -1.15. The van der Waals surface area contributed by atoms with E-state index in [0.29, 0.717) is 0 Å². The van der Waals surface area contributed by atoms with Gasteiger partial charge < -0.3 is 20.5 Å². The number of hydrogen-bond donors (Lipinski definition) is 3. The van der Waals surface area contributed by atoms with Crippen LogP contribution in [0.25, 0.3) is 0 Å². The first-order chi connectivity index (χ1) is 14.3. The van der Waals surface area contributed by atoms with Gasteiger partial charge in [0.15, 0.2) is 0 Å². The van der Waals surface area contributed by atoms with Crippen LogP contribution in [0.1, 0.15) is 25.0 Å². The first kappa shape index (κ1) is 23.4. The van der Waals surface area contributed by atoms with Gasteiger partial charge in [0.25, 0.3) is 0 Å². The smallest absolute Gasteiger partial charge is 0.408 e. The van der Waals surface area contributed by atoms with Gasteiger partial charge in [0.2, 0.25) is 5.91 Å². The van der Waals surface area contributed by atoms with Crippen molar-refractivity contribution in [3.05, 3.63) is 70.2 Å². The first-order valence-corrected chi connectivity index (χ1v) is 10.3. The summed E-state index contributed by atoms with van der Waals surface area (Å²) in [4.78, 5) is 36.5. The predicted octanol–water partition coefficient (Wildman–Crippen LogP) is 3.51. The lowest BCUT2D eigenvalue weighted by atomic mass is 10.0. The van der Waals surface area contributed by atoms with E-state index < -0.39 is 30.1 Å². The summed E-state index contributed by atoms with van der Waals surface area (Å²) in [6.45, 7) is 3.58. The van der Waals surface area contributed by atoms with E-state index in [0.717, 1.165) is 15.6 Å². The van der Waals surface area contributed by atoms with Crippen molar-refractivity contribution < 1.29 is 24.2 Å². The standard InChI is InChI=1S/C22H25BrN2O5/c1-14(2)19(25-22(29)30-13-16-6-4-3-5-7-16)20(26)24-18(21(27)28)12-15-8-10-17(23)11-9-15/h3-11,14,18-19H,12-13H2,1-2H3,(H,24,26)(H,25,29)(H,27,28)/t18-,19+/m1/s1. The number of carboxylic acids is 1. The lowest BCUT2D eigenvalue weighted by Crippen LogP contribution is -2.54. The Morgan fingerprint density at radius 2 is 1.60 bits per heavy atom. The van der Waals surface area contributed by atoms with E-state index in [4.69, 9.17) is 4.74 Å². The number of benzene rings is 2. The summed E-state index contributed by atoms with van der Waals surface area (Å²) in [6.07, 6.45) is -0.620. The highest BCUT2D eigenvalue weighted by atomic mass is 79.9. The molecule has 0 bridgehead atoms. The van der Waals surface area contributed by atoms with E-state index in [-0.39, 0.29) is 18.9 Å². The minimum Gasteiger partial charge on any atom is -0.480 e. The number of carboxylic acid groups (broad SMARTS) is 1. The Hall–Kier alpha value is -2.87. The molecule has 160 valence electrons. The van der Waals surface area contributed by atoms with Gasteiger partial charge in [0.05, 0.1) is 0 Å². The van der Waals surface area contributed by atoms with Crippen LogP contribution in [0.5, 0.6) is 0 Å². The molecule has 0 unspecified atom stereocenters. The number of rotatable bonds is 9. The average molecular weight is 477 g/mol. The molecule has 0 aliphatic heterocycles. The third-order valence-corrected chi connectivity index (χ3v) is 4.93. The molecule has 2 amide bonds. The summed E-state index contributed by atoms with van der Waals surface area (Å²) >= 11 is 3.33. The third kappa shape index (κ3) is 7.51. The van der Waals surface area contributed by atoms with Crippen molar-refractivity contribution in [3.8, 4) is 0 Å². The van der Waals surface area contributed by atoms with Gasteiger partial charge in [0.1, 0.15) is 18.7 Å². The quantitative estimate of drug-likeness (QED) is 0.513. The Bertz CT molecular complexity index is 856. The number of halogens is 1. The van der Waals surface area contributed by atoms with Gasteiger partial charge in [-0.25, -0.2) is 9.59 Å². The maximum atomic E-state index is 12.7. The molecule has 0 heterocycles. The summed E-state index contributed by atoms with van der Waals surface area (Å²) in [5.41, 5.74) is 1.58. The molecule has 0 saturated carbocycles. The van der Waals surface area contributed by atoms with Gasteiger partial charge in [-0.2, -0.15) is 0 Å². The van der Waals surface area contributed by atoms with Crippen LogP contribution in [-0.4, -0.2) is 35.2 Å². The fraction of sp³-hybridized carbons (Fsp3) is 0.318. The maximum Gasteiger partial charge on any atom is 0.408 e. The summed E-state index contributed by atoms with van der Waals surface area (Å²) in [5, 5.41) is 14.6. The van der Waals surface area contributed by atoms with E-state index in [1.807, 2.05) is 30.3 Å². The fourth-order valence-electron chi connectivity index (χ4n) is 2.74. The lowest BCUT2D eigenvalue weighted by Gasteiger charge is -2.24. The Labute approximate surface area is 183 Å². The molecular formula is C22H25BrN2O5. The zero-order valence-corrected chi connectivity index (χ0v) is 18.4.